The summed E-state index contributed by atoms with van der Waals surface area (Å²) >= 11 is 5.86. The molecule has 0 radical (unpaired) electrons. The van der Waals surface area contributed by atoms with E-state index in [2.05, 4.69) is 9.71 Å². The maximum Gasteiger partial charge on any atom is 0.261 e. The Bertz CT molecular complexity index is 569. The Morgan fingerprint density at radius 2 is 2.32 bits per heavy atom. The van der Waals surface area contributed by atoms with Gasteiger partial charge in [0.25, 0.3) is 10.0 Å². The second kappa shape index (κ2) is 5.02. The van der Waals surface area contributed by atoms with Crippen molar-refractivity contribution in [3.05, 3.63) is 11.5 Å². The van der Waals surface area contributed by atoms with Crippen molar-refractivity contribution in [2.45, 2.75) is 30.8 Å². The summed E-state index contributed by atoms with van der Waals surface area (Å²) in [5.41, 5.74) is 0. The Kier molecular flexibility index (Phi) is 3.90. The van der Waals surface area contributed by atoms with Gasteiger partial charge in [0, 0.05) is 13.6 Å². The van der Waals surface area contributed by atoms with E-state index in [1.54, 1.807) is 20.9 Å². The predicted octanol–water partition coefficient (Wildman–Crippen LogP) is 0.503. The molecule has 1 fully saturated rings. The number of hydrogen-bond donors (Lipinski definition) is 1. The Hall–Kier alpha value is -0.670. The van der Waals surface area contributed by atoms with Crippen molar-refractivity contribution in [1.29, 1.82) is 0 Å². The molecule has 0 bridgehead atoms. The summed E-state index contributed by atoms with van der Waals surface area (Å²) in [4.78, 5) is 3.77. The SMILES string of the molecule is Cn1cnc(S(=O)(=O)NCC2COC(C)(C)O2)c1Cl. The first kappa shape index (κ1) is 14.7. The van der Waals surface area contributed by atoms with Crippen LogP contribution in [0.3, 0.4) is 0 Å². The summed E-state index contributed by atoms with van der Waals surface area (Å²) in [5, 5.41) is -0.119. The molecule has 1 saturated heterocycles. The van der Waals surface area contributed by atoms with E-state index in [0.29, 0.717) is 6.61 Å². The van der Waals surface area contributed by atoms with Gasteiger partial charge in [-0.1, -0.05) is 11.6 Å². The molecule has 1 aromatic rings. The number of aromatic nitrogens is 2. The number of rotatable bonds is 4. The van der Waals surface area contributed by atoms with Gasteiger partial charge >= 0.3 is 0 Å². The molecule has 0 amide bonds. The minimum absolute atomic E-state index is 0.0661. The molecule has 0 aromatic carbocycles. The van der Waals surface area contributed by atoms with Crippen LogP contribution in [0.2, 0.25) is 5.15 Å². The highest BCUT2D eigenvalue weighted by molar-refractivity contribution is 7.89. The van der Waals surface area contributed by atoms with Gasteiger partial charge in [-0.25, -0.2) is 18.1 Å². The summed E-state index contributed by atoms with van der Waals surface area (Å²) in [6, 6.07) is 0. The van der Waals surface area contributed by atoms with Gasteiger partial charge in [-0.05, 0) is 13.8 Å². The second-order valence-corrected chi connectivity index (χ2v) is 6.79. The zero-order valence-electron chi connectivity index (χ0n) is 10.9. The first-order valence-electron chi connectivity index (χ1n) is 5.69. The van der Waals surface area contributed by atoms with Gasteiger partial charge in [0.1, 0.15) is 5.15 Å². The van der Waals surface area contributed by atoms with Crippen molar-refractivity contribution in [3.8, 4) is 0 Å². The third kappa shape index (κ3) is 3.26. The lowest BCUT2D eigenvalue weighted by Crippen LogP contribution is -2.34. The Morgan fingerprint density at radius 1 is 1.63 bits per heavy atom. The number of sulfonamides is 1. The molecular formula is C10H16ClN3O4S. The highest BCUT2D eigenvalue weighted by atomic mass is 35.5. The molecule has 1 unspecified atom stereocenters. The zero-order valence-corrected chi connectivity index (χ0v) is 12.5. The van der Waals surface area contributed by atoms with E-state index in [1.807, 2.05) is 0 Å². The lowest BCUT2D eigenvalue weighted by Gasteiger charge is -2.17. The molecule has 2 rings (SSSR count). The normalized spacial score (nSPS) is 22.8. The second-order valence-electron chi connectivity index (χ2n) is 4.75. The van der Waals surface area contributed by atoms with Crippen LogP contribution in [0.15, 0.2) is 11.4 Å². The van der Waals surface area contributed by atoms with Crippen LogP contribution >= 0.6 is 11.6 Å². The van der Waals surface area contributed by atoms with Crippen LogP contribution < -0.4 is 4.72 Å². The average molecular weight is 310 g/mol. The van der Waals surface area contributed by atoms with Gasteiger partial charge in [-0.3, -0.25) is 0 Å². The number of hydrogen-bond acceptors (Lipinski definition) is 5. The molecule has 1 N–H and O–H groups in total. The summed E-state index contributed by atoms with van der Waals surface area (Å²) in [6.07, 6.45) is 1.02. The molecule has 108 valence electrons. The maximum atomic E-state index is 12.0. The van der Waals surface area contributed by atoms with Gasteiger partial charge in [0.05, 0.1) is 19.0 Å². The van der Waals surface area contributed by atoms with Crippen LogP contribution in [0.1, 0.15) is 13.8 Å². The number of nitrogens with zero attached hydrogens (tertiary/aromatic N) is 2. The van der Waals surface area contributed by atoms with Crippen molar-refractivity contribution >= 4 is 21.6 Å². The van der Waals surface area contributed by atoms with Crippen molar-refractivity contribution < 1.29 is 17.9 Å². The van der Waals surface area contributed by atoms with Gasteiger partial charge in [0.15, 0.2) is 5.79 Å². The molecule has 0 saturated carbocycles. The van der Waals surface area contributed by atoms with Gasteiger partial charge in [0.2, 0.25) is 5.03 Å². The largest absolute Gasteiger partial charge is 0.348 e. The van der Waals surface area contributed by atoms with E-state index in [0.717, 1.165) is 0 Å². The van der Waals surface area contributed by atoms with E-state index in [1.165, 1.54) is 10.9 Å². The van der Waals surface area contributed by atoms with Gasteiger partial charge < -0.3 is 14.0 Å². The first-order valence-corrected chi connectivity index (χ1v) is 7.56. The third-order valence-corrected chi connectivity index (χ3v) is 4.57. The van der Waals surface area contributed by atoms with E-state index >= 15 is 0 Å². The quantitative estimate of drug-likeness (QED) is 0.876. The van der Waals surface area contributed by atoms with Crippen LogP contribution in [0.4, 0.5) is 0 Å². The first-order chi connectivity index (χ1) is 8.71. The number of nitrogens with one attached hydrogen (secondary N) is 1. The topological polar surface area (TPSA) is 82.5 Å². The van der Waals surface area contributed by atoms with Crippen molar-refractivity contribution in [2.75, 3.05) is 13.2 Å². The fourth-order valence-corrected chi connectivity index (χ4v) is 3.20. The highest BCUT2D eigenvalue weighted by Gasteiger charge is 2.33. The summed E-state index contributed by atoms with van der Waals surface area (Å²) in [6.45, 7) is 4.00. The van der Waals surface area contributed by atoms with E-state index < -0.39 is 15.8 Å². The molecule has 0 aliphatic carbocycles. The van der Waals surface area contributed by atoms with Gasteiger partial charge in [-0.15, -0.1) is 0 Å². The lowest BCUT2D eigenvalue weighted by atomic mass is 10.4. The highest BCUT2D eigenvalue weighted by Crippen LogP contribution is 2.23. The smallest absolute Gasteiger partial charge is 0.261 e. The molecular weight excluding hydrogens is 294 g/mol. The monoisotopic (exact) mass is 309 g/mol. The van der Waals surface area contributed by atoms with Gasteiger partial charge in [-0.2, -0.15) is 0 Å². The standard InChI is InChI=1S/C10H16ClN3O4S/c1-10(2)17-5-7(18-10)4-13-19(15,16)9-8(11)14(3)6-12-9/h6-7,13H,4-5H2,1-3H3. The van der Waals surface area contributed by atoms with Crippen LogP contribution in [0, 0.1) is 0 Å². The van der Waals surface area contributed by atoms with E-state index in [9.17, 15) is 8.42 Å². The van der Waals surface area contributed by atoms with Crippen molar-refractivity contribution in [2.24, 2.45) is 7.05 Å². The average Bonchev–Trinajstić information content (AvgIpc) is 2.81. The molecule has 19 heavy (non-hydrogen) atoms. The molecule has 7 nitrogen and oxygen atoms in total. The molecule has 0 spiro atoms. The summed E-state index contributed by atoms with van der Waals surface area (Å²) in [5.74, 6) is -0.682. The van der Waals surface area contributed by atoms with Crippen LogP contribution in [0.25, 0.3) is 0 Å². The fraction of sp³-hybridized carbons (Fsp3) is 0.700. The molecule has 1 aliphatic heterocycles. The number of ether oxygens (including phenoxy) is 2. The molecule has 1 atom stereocenters. The van der Waals surface area contributed by atoms with Crippen LogP contribution in [-0.2, 0) is 26.5 Å². The predicted molar refractivity (Wildman–Crippen MR) is 68.3 cm³/mol. The number of halogens is 1. The number of aryl methyl sites for hydroxylation is 1. The Morgan fingerprint density at radius 3 is 2.79 bits per heavy atom. The Labute approximate surface area is 116 Å². The minimum atomic E-state index is -3.74. The minimum Gasteiger partial charge on any atom is -0.348 e. The molecule has 9 heteroatoms. The lowest BCUT2D eigenvalue weighted by molar-refractivity contribution is -0.137. The maximum absolute atomic E-state index is 12.0. The fourth-order valence-electron chi connectivity index (χ4n) is 1.71. The van der Waals surface area contributed by atoms with E-state index in [-0.39, 0.29) is 22.8 Å². The third-order valence-electron chi connectivity index (χ3n) is 2.66. The van der Waals surface area contributed by atoms with Crippen molar-refractivity contribution in [3.63, 3.8) is 0 Å². The van der Waals surface area contributed by atoms with E-state index in [4.69, 9.17) is 21.1 Å². The van der Waals surface area contributed by atoms with Crippen LogP contribution in [0.5, 0.6) is 0 Å². The van der Waals surface area contributed by atoms with Crippen LogP contribution in [-0.4, -0.2) is 43.0 Å². The zero-order chi connectivity index (χ0) is 14.3. The van der Waals surface area contributed by atoms with Crippen molar-refractivity contribution in [1.82, 2.24) is 14.3 Å². The summed E-state index contributed by atoms with van der Waals surface area (Å²) < 4.78 is 38.7. The molecule has 2 heterocycles. The molecule has 1 aliphatic rings. The molecule has 1 aromatic heterocycles. The summed E-state index contributed by atoms with van der Waals surface area (Å²) in [7, 11) is -2.13. The number of imidazole rings is 1. The Balaban J connectivity index is 2.01.